The number of para-hydroxylation sites is 2. The normalized spacial score (nSPS) is 11.1. The third kappa shape index (κ3) is 3.21. The van der Waals surface area contributed by atoms with Crippen LogP contribution >= 0.6 is 0 Å². The number of anilines is 1. The monoisotopic (exact) mass is 341 g/mol. The lowest BCUT2D eigenvalue weighted by Gasteiger charge is -2.09. The number of pyridine rings is 1. The van der Waals surface area contributed by atoms with E-state index in [-0.39, 0.29) is 5.75 Å². The van der Waals surface area contributed by atoms with E-state index in [0.29, 0.717) is 17.2 Å². The van der Waals surface area contributed by atoms with Gasteiger partial charge >= 0.3 is 0 Å². The molecule has 2 heterocycles. The van der Waals surface area contributed by atoms with Crippen molar-refractivity contribution >= 4 is 22.9 Å². The Morgan fingerprint density at radius 2 is 1.77 bits per heavy atom. The van der Waals surface area contributed by atoms with Gasteiger partial charge in [-0.05, 0) is 30.3 Å². The highest BCUT2D eigenvalue weighted by Crippen LogP contribution is 2.29. The molecule has 6 nitrogen and oxygen atoms in total. The van der Waals surface area contributed by atoms with Gasteiger partial charge in [-0.3, -0.25) is 10.4 Å². The maximum Gasteiger partial charge on any atom is 0.165 e. The third-order valence-corrected chi connectivity index (χ3v) is 3.82. The summed E-state index contributed by atoms with van der Waals surface area (Å²) in [6, 6.07) is 18.4. The first-order valence-electron chi connectivity index (χ1n) is 8.05. The van der Waals surface area contributed by atoms with Gasteiger partial charge in [0.1, 0.15) is 5.75 Å². The number of hydrogen-bond acceptors (Lipinski definition) is 6. The van der Waals surface area contributed by atoms with Crippen LogP contribution in [0, 0.1) is 0 Å². The Balaban J connectivity index is 1.75. The van der Waals surface area contributed by atoms with Crippen LogP contribution < -0.4 is 5.43 Å². The standard InChI is InChI=1S/C20H15N5O/c26-18-10-4-2-8-16(18)19-23-17-9-3-1-7-15(17)20(24-19)25-22-13-14-6-5-11-21-12-14/h1-13,26H,(H,23,24,25)/b22-13+. The predicted octanol–water partition coefficient (Wildman–Crippen LogP) is 3.84. The number of hydrogen-bond donors (Lipinski definition) is 2. The van der Waals surface area contributed by atoms with Gasteiger partial charge in [0.2, 0.25) is 0 Å². The lowest BCUT2D eigenvalue weighted by atomic mass is 10.1. The topological polar surface area (TPSA) is 83.3 Å². The molecule has 4 rings (SSSR count). The number of aromatic hydroxyl groups is 1. The van der Waals surface area contributed by atoms with Gasteiger partial charge in [0.15, 0.2) is 11.6 Å². The van der Waals surface area contributed by atoms with E-state index in [2.05, 4.69) is 25.5 Å². The molecule has 0 saturated carbocycles. The van der Waals surface area contributed by atoms with Crippen molar-refractivity contribution in [2.24, 2.45) is 5.10 Å². The van der Waals surface area contributed by atoms with E-state index in [4.69, 9.17) is 0 Å². The van der Waals surface area contributed by atoms with Crippen LogP contribution in [0.4, 0.5) is 5.82 Å². The molecular weight excluding hydrogens is 326 g/mol. The SMILES string of the molecule is Oc1ccccc1-c1nc(N/N=C/c2cccnc2)c2ccccc2n1. The van der Waals surface area contributed by atoms with E-state index in [9.17, 15) is 5.11 Å². The number of benzene rings is 2. The fourth-order valence-electron chi connectivity index (χ4n) is 2.57. The van der Waals surface area contributed by atoms with E-state index in [1.807, 2.05) is 42.5 Å². The molecule has 0 unspecified atom stereocenters. The smallest absolute Gasteiger partial charge is 0.165 e. The molecule has 0 aliphatic heterocycles. The molecule has 126 valence electrons. The van der Waals surface area contributed by atoms with Gasteiger partial charge in [0, 0.05) is 23.3 Å². The molecule has 0 radical (unpaired) electrons. The summed E-state index contributed by atoms with van der Waals surface area (Å²) in [5.41, 5.74) is 5.18. The summed E-state index contributed by atoms with van der Waals surface area (Å²) in [5, 5.41) is 15.2. The second-order valence-corrected chi connectivity index (χ2v) is 5.59. The summed E-state index contributed by atoms with van der Waals surface area (Å²) in [4.78, 5) is 13.2. The minimum atomic E-state index is 0.132. The summed E-state index contributed by atoms with van der Waals surface area (Å²) < 4.78 is 0. The van der Waals surface area contributed by atoms with Crippen LogP contribution in [-0.2, 0) is 0 Å². The molecule has 0 bridgehead atoms. The maximum absolute atomic E-state index is 10.1. The summed E-state index contributed by atoms with van der Waals surface area (Å²) in [6.45, 7) is 0. The molecule has 0 atom stereocenters. The number of rotatable bonds is 4. The van der Waals surface area contributed by atoms with Gasteiger partial charge in [-0.1, -0.05) is 30.3 Å². The van der Waals surface area contributed by atoms with Crippen molar-refractivity contribution in [1.29, 1.82) is 0 Å². The lowest BCUT2D eigenvalue weighted by molar-refractivity contribution is 0.477. The van der Waals surface area contributed by atoms with Gasteiger partial charge in [-0.2, -0.15) is 5.10 Å². The molecule has 4 aromatic rings. The minimum Gasteiger partial charge on any atom is -0.507 e. The highest BCUT2D eigenvalue weighted by Gasteiger charge is 2.11. The van der Waals surface area contributed by atoms with Gasteiger partial charge in [0.05, 0.1) is 17.3 Å². The Hall–Kier alpha value is -3.80. The number of phenolic OH excluding ortho intramolecular Hbond substituents is 1. The van der Waals surface area contributed by atoms with Crippen LogP contribution in [0.25, 0.3) is 22.3 Å². The molecule has 0 saturated heterocycles. The highest BCUT2D eigenvalue weighted by atomic mass is 16.3. The summed E-state index contributed by atoms with van der Waals surface area (Å²) >= 11 is 0. The van der Waals surface area contributed by atoms with E-state index in [1.54, 1.807) is 36.8 Å². The highest BCUT2D eigenvalue weighted by molar-refractivity contribution is 5.91. The fourth-order valence-corrected chi connectivity index (χ4v) is 2.57. The van der Waals surface area contributed by atoms with Crippen molar-refractivity contribution in [3.63, 3.8) is 0 Å². The number of phenols is 1. The Morgan fingerprint density at radius 3 is 2.62 bits per heavy atom. The van der Waals surface area contributed by atoms with Crippen LogP contribution in [0.2, 0.25) is 0 Å². The molecule has 2 aromatic heterocycles. The average molecular weight is 341 g/mol. The molecule has 26 heavy (non-hydrogen) atoms. The van der Waals surface area contributed by atoms with Crippen molar-refractivity contribution in [3.05, 3.63) is 78.6 Å². The number of nitrogens with zero attached hydrogens (tertiary/aromatic N) is 4. The second kappa shape index (κ2) is 6.98. The third-order valence-electron chi connectivity index (χ3n) is 3.82. The summed E-state index contributed by atoms with van der Waals surface area (Å²) in [5.74, 6) is 1.13. The van der Waals surface area contributed by atoms with Crippen LogP contribution in [0.15, 0.2) is 78.2 Å². The van der Waals surface area contributed by atoms with E-state index in [0.717, 1.165) is 16.5 Å². The Kier molecular flexibility index (Phi) is 4.22. The van der Waals surface area contributed by atoms with Crippen LogP contribution in [0.3, 0.4) is 0 Å². The predicted molar refractivity (Wildman–Crippen MR) is 102 cm³/mol. The van der Waals surface area contributed by atoms with Crippen LogP contribution in [0.1, 0.15) is 5.56 Å². The molecule has 0 aliphatic rings. The molecule has 0 spiro atoms. The number of aromatic nitrogens is 3. The Bertz CT molecular complexity index is 1080. The first kappa shape index (κ1) is 15.7. The lowest BCUT2D eigenvalue weighted by Crippen LogP contribution is -1.99. The maximum atomic E-state index is 10.1. The number of fused-ring (bicyclic) bond motifs is 1. The quantitative estimate of drug-likeness (QED) is 0.435. The summed E-state index contributed by atoms with van der Waals surface area (Å²) in [7, 11) is 0. The zero-order chi connectivity index (χ0) is 17.8. The first-order chi connectivity index (χ1) is 12.8. The zero-order valence-corrected chi connectivity index (χ0v) is 13.7. The van der Waals surface area contributed by atoms with Gasteiger partial charge in [0.25, 0.3) is 0 Å². The second-order valence-electron chi connectivity index (χ2n) is 5.59. The van der Waals surface area contributed by atoms with E-state index in [1.165, 1.54) is 0 Å². The largest absolute Gasteiger partial charge is 0.507 e. The van der Waals surface area contributed by atoms with Gasteiger partial charge < -0.3 is 5.11 Å². The molecular formula is C20H15N5O. The Morgan fingerprint density at radius 1 is 0.923 bits per heavy atom. The zero-order valence-electron chi connectivity index (χ0n) is 13.7. The molecule has 2 aromatic carbocycles. The van der Waals surface area contributed by atoms with Crippen molar-refractivity contribution in [1.82, 2.24) is 15.0 Å². The summed E-state index contributed by atoms with van der Waals surface area (Å²) in [6.07, 6.45) is 5.10. The molecule has 0 aliphatic carbocycles. The van der Waals surface area contributed by atoms with Gasteiger partial charge in [-0.15, -0.1) is 0 Å². The van der Waals surface area contributed by atoms with Crippen molar-refractivity contribution < 1.29 is 5.11 Å². The van der Waals surface area contributed by atoms with Crippen molar-refractivity contribution in [3.8, 4) is 17.1 Å². The number of hydrazone groups is 1. The fraction of sp³-hybridized carbons (Fsp3) is 0. The molecule has 2 N–H and O–H groups in total. The van der Waals surface area contributed by atoms with Crippen molar-refractivity contribution in [2.75, 3.05) is 5.43 Å². The number of nitrogens with one attached hydrogen (secondary N) is 1. The van der Waals surface area contributed by atoms with E-state index < -0.39 is 0 Å². The van der Waals surface area contributed by atoms with Crippen LogP contribution in [-0.4, -0.2) is 26.3 Å². The molecule has 0 amide bonds. The van der Waals surface area contributed by atoms with E-state index >= 15 is 0 Å². The Labute approximate surface area is 149 Å². The van der Waals surface area contributed by atoms with Crippen molar-refractivity contribution in [2.45, 2.75) is 0 Å². The first-order valence-corrected chi connectivity index (χ1v) is 8.05. The van der Waals surface area contributed by atoms with Gasteiger partial charge in [-0.25, -0.2) is 9.97 Å². The average Bonchev–Trinajstić information content (AvgIpc) is 2.69. The minimum absolute atomic E-state index is 0.132. The molecule has 6 heteroatoms. The molecule has 0 fully saturated rings. The van der Waals surface area contributed by atoms with Crippen LogP contribution in [0.5, 0.6) is 5.75 Å².